The number of hydrogen-bond donors (Lipinski definition) is 0. The second kappa shape index (κ2) is 4.13. The first kappa shape index (κ1) is 12.3. The molecule has 21 heavy (non-hydrogen) atoms. The SMILES string of the molecule is CC[C@]12CCCN3CCn4c(c(c5ccccc54)CC1)[C@@H]32. The lowest BCUT2D eigenvalue weighted by atomic mass is 9.63. The van der Waals surface area contributed by atoms with Crippen LogP contribution >= 0.6 is 0 Å². The Hall–Kier alpha value is -1.28. The zero-order valence-electron chi connectivity index (χ0n) is 12.9. The summed E-state index contributed by atoms with van der Waals surface area (Å²) in [7, 11) is 0. The molecule has 5 rings (SSSR count). The summed E-state index contributed by atoms with van der Waals surface area (Å²) in [5, 5.41) is 1.53. The molecule has 0 N–H and O–H groups in total. The highest BCUT2D eigenvalue weighted by Crippen LogP contribution is 2.57. The lowest BCUT2D eigenvalue weighted by Crippen LogP contribution is -2.52. The van der Waals surface area contributed by atoms with Gasteiger partial charge in [-0.2, -0.15) is 0 Å². The number of aryl methyl sites for hydroxylation is 1. The Balaban J connectivity index is 1.83. The van der Waals surface area contributed by atoms with Crippen LogP contribution < -0.4 is 0 Å². The molecule has 0 spiro atoms. The van der Waals surface area contributed by atoms with Gasteiger partial charge in [0.2, 0.25) is 0 Å². The van der Waals surface area contributed by atoms with Crippen LogP contribution in [-0.2, 0) is 13.0 Å². The fourth-order valence-electron chi connectivity index (χ4n) is 5.61. The van der Waals surface area contributed by atoms with E-state index in [0.29, 0.717) is 11.5 Å². The maximum absolute atomic E-state index is 2.81. The largest absolute Gasteiger partial charge is 0.341 e. The standard InChI is InChI=1S/C19H24N2/c1-2-19-9-5-11-20-12-13-21-16-7-4-3-6-14(16)15(8-10-19)17(21)18(19)20/h3-4,6-7,18H,2,5,8-13H2,1H3/t18-,19+/m1/s1. The van der Waals surface area contributed by atoms with Crippen molar-refractivity contribution in [2.24, 2.45) is 5.41 Å². The van der Waals surface area contributed by atoms with Crippen LogP contribution in [0.2, 0.25) is 0 Å². The van der Waals surface area contributed by atoms with Gasteiger partial charge in [0.25, 0.3) is 0 Å². The summed E-state index contributed by atoms with van der Waals surface area (Å²) in [5.41, 5.74) is 5.40. The Labute approximate surface area is 126 Å². The van der Waals surface area contributed by atoms with Crippen molar-refractivity contribution in [2.45, 2.75) is 51.6 Å². The summed E-state index contributed by atoms with van der Waals surface area (Å²) in [4.78, 5) is 2.81. The van der Waals surface area contributed by atoms with Crippen LogP contribution in [0.25, 0.3) is 10.9 Å². The van der Waals surface area contributed by atoms with Gasteiger partial charge in [-0.25, -0.2) is 0 Å². The monoisotopic (exact) mass is 280 g/mol. The Morgan fingerprint density at radius 1 is 1.14 bits per heavy atom. The highest BCUT2D eigenvalue weighted by atomic mass is 15.3. The molecular weight excluding hydrogens is 256 g/mol. The van der Waals surface area contributed by atoms with Gasteiger partial charge >= 0.3 is 0 Å². The summed E-state index contributed by atoms with van der Waals surface area (Å²) >= 11 is 0. The van der Waals surface area contributed by atoms with Gasteiger partial charge in [0, 0.05) is 29.7 Å². The molecule has 3 heterocycles. The first-order valence-electron chi connectivity index (χ1n) is 8.68. The van der Waals surface area contributed by atoms with Crippen molar-refractivity contribution in [3.63, 3.8) is 0 Å². The molecule has 2 atom stereocenters. The summed E-state index contributed by atoms with van der Waals surface area (Å²) in [6.45, 7) is 6.17. The number of hydrogen-bond acceptors (Lipinski definition) is 1. The average Bonchev–Trinajstić information content (AvgIpc) is 2.88. The third-order valence-corrected chi connectivity index (χ3v) is 6.63. The third-order valence-electron chi connectivity index (χ3n) is 6.63. The predicted molar refractivity (Wildman–Crippen MR) is 86.5 cm³/mol. The molecule has 1 aromatic carbocycles. The molecule has 0 unspecified atom stereocenters. The molecule has 2 nitrogen and oxygen atoms in total. The molecule has 0 amide bonds. The van der Waals surface area contributed by atoms with Gasteiger partial charge in [-0.15, -0.1) is 0 Å². The maximum Gasteiger partial charge on any atom is 0.0560 e. The summed E-state index contributed by atoms with van der Waals surface area (Å²) < 4.78 is 2.67. The number of benzene rings is 1. The van der Waals surface area contributed by atoms with Crippen molar-refractivity contribution in [1.82, 2.24) is 9.47 Å². The van der Waals surface area contributed by atoms with Crippen molar-refractivity contribution in [1.29, 1.82) is 0 Å². The van der Waals surface area contributed by atoms with E-state index < -0.39 is 0 Å². The minimum absolute atomic E-state index is 0.553. The van der Waals surface area contributed by atoms with Crippen molar-refractivity contribution in [3.8, 4) is 0 Å². The van der Waals surface area contributed by atoms with Crippen LogP contribution in [0.5, 0.6) is 0 Å². The second-order valence-corrected chi connectivity index (χ2v) is 7.29. The molecule has 1 fully saturated rings. The summed E-state index contributed by atoms with van der Waals surface area (Å²) in [5.74, 6) is 0. The fraction of sp³-hybridized carbons (Fsp3) is 0.579. The molecule has 1 aliphatic carbocycles. The van der Waals surface area contributed by atoms with Gasteiger partial charge < -0.3 is 4.57 Å². The van der Waals surface area contributed by atoms with Gasteiger partial charge in [0.15, 0.2) is 0 Å². The van der Waals surface area contributed by atoms with E-state index in [1.54, 1.807) is 11.3 Å². The van der Waals surface area contributed by atoms with Gasteiger partial charge in [0.1, 0.15) is 0 Å². The van der Waals surface area contributed by atoms with Crippen LogP contribution in [0.15, 0.2) is 24.3 Å². The Morgan fingerprint density at radius 3 is 2.95 bits per heavy atom. The number of aromatic nitrogens is 1. The minimum atomic E-state index is 0.553. The third kappa shape index (κ3) is 1.42. The number of fused-ring (bicyclic) bond motifs is 3. The van der Waals surface area contributed by atoms with Crippen molar-refractivity contribution in [3.05, 3.63) is 35.5 Å². The molecule has 2 aromatic rings. The van der Waals surface area contributed by atoms with Gasteiger partial charge in [-0.3, -0.25) is 4.90 Å². The molecule has 1 aromatic heterocycles. The molecule has 2 heteroatoms. The molecule has 0 bridgehead atoms. The van der Waals surface area contributed by atoms with Gasteiger partial charge in [0.05, 0.1) is 6.04 Å². The van der Waals surface area contributed by atoms with E-state index in [1.165, 1.54) is 62.6 Å². The van der Waals surface area contributed by atoms with E-state index in [-0.39, 0.29) is 0 Å². The molecule has 0 saturated carbocycles. The number of para-hydroxylation sites is 1. The topological polar surface area (TPSA) is 8.17 Å². The quantitative estimate of drug-likeness (QED) is 0.762. The smallest absolute Gasteiger partial charge is 0.0560 e. The van der Waals surface area contributed by atoms with Crippen LogP contribution in [-0.4, -0.2) is 22.6 Å². The lowest BCUT2D eigenvalue weighted by molar-refractivity contribution is -0.0243. The van der Waals surface area contributed by atoms with E-state index in [9.17, 15) is 0 Å². The molecule has 2 aliphatic heterocycles. The fourth-order valence-corrected chi connectivity index (χ4v) is 5.61. The highest BCUT2D eigenvalue weighted by molar-refractivity contribution is 5.86. The number of nitrogens with zero attached hydrogens (tertiary/aromatic N) is 2. The molecule has 0 radical (unpaired) electrons. The first-order valence-corrected chi connectivity index (χ1v) is 8.68. The number of piperidine rings is 1. The Morgan fingerprint density at radius 2 is 2.05 bits per heavy atom. The molecule has 110 valence electrons. The van der Waals surface area contributed by atoms with Crippen LogP contribution in [0.4, 0.5) is 0 Å². The predicted octanol–water partition coefficient (Wildman–Crippen LogP) is 4.13. The van der Waals surface area contributed by atoms with Crippen molar-refractivity contribution >= 4 is 10.9 Å². The van der Waals surface area contributed by atoms with Gasteiger partial charge in [-0.1, -0.05) is 25.1 Å². The lowest BCUT2D eigenvalue weighted by Gasteiger charge is -2.55. The molecule has 3 aliphatic rings. The van der Waals surface area contributed by atoms with E-state index in [2.05, 4.69) is 40.7 Å². The van der Waals surface area contributed by atoms with E-state index >= 15 is 0 Å². The Bertz CT molecular complexity index is 681. The molecular formula is C19H24N2. The van der Waals surface area contributed by atoms with Crippen LogP contribution in [0.1, 0.15) is 49.9 Å². The highest BCUT2D eigenvalue weighted by Gasteiger charge is 2.50. The zero-order valence-corrected chi connectivity index (χ0v) is 12.9. The van der Waals surface area contributed by atoms with Crippen molar-refractivity contribution < 1.29 is 0 Å². The minimum Gasteiger partial charge on any atom is -0.341 e. The van der Waals surface area contributed by atoms with Gasteiger partial charge in [-0.05, 0) is 55.7 Å². The number of rotatable bonds is 1. The average molecular weight is 280 g/mol. The van der Waals surface area contributed by atoms with E-state index in [4.69, 9.17) is 0 Å². The Kier molecular flexibility index (Phi) is 2.42. The van der Waals surface area contributed by atoms with Crippen LogP contribution in [0.3, 0.4) is 0 Å². The summed E-state index contributed by atoms with van der Waals surface area (Å²) in [6.07, 6.45) is 6.87. The molecule has 1 saturated heterocycles. The summed E-state index contributed by atoms with van der Waals surface area (Å²) in [6, 6.07) is 9.80. The van der Waals surface area contributed by atoms with Crippen molar-refractivity contribution in [2.75, 3.05) is 13.1 Å². The first-order chi connectivity index (χ1) is 10.3. The zero-order chi connectivity index (χ0) is 14.0. The van der Waals surface area contributed by atoms with Crippen LogP contribution in [0, 0.1) is 5.41 Å². The maximum atomic E-state index is 2.81. The second-order valence-electron chi connectivity index (χ2n) is 7.29. The van der Waals surface area contributed by atoms with E-state index in [0.717, 1.165) is 0 Å². The normalized spacial score (nSPS) is 31.4. The van der Waals surface area contributed by atoms with E-state index in [1.807, 2.05) is 0 Å².